The molecule has 2 unspecified atom stereocenters. The number of carbonyl (C=O) groups excluding carboxylic acids is 2. The number of hydrogen-bond donors (Lipinski definition) is 2. The Labute approximate surface area is 179 Å². The average Bonchev–Trinajstić information content (AvgIpc) is 2.67. The monoisotopic (exact) mass is 452 g/mol. The largest absolute Gasteiger partial charge is 0.352 e. The molecule has 6 nitrogen and oxygen atoms in total. The molecule has 2 aromatic rings. The predicted molar refractivity (Wildman–Crippen MR) is 115 cm³/mol. The zero-order chi connectivity index (χ0) is 21.2. The Morgan fingerprint density at radius 3 is 2.72 bits per heavy atom. The van der Waals surface area contributed by atoms with Crippen molar-refractivity contribution in [2.45, 2.75) is 47.1 Å². The summed E-state index contributed by atoms with van der Waals surface area (Å²) < 4.78 is 25.8. The highest BCUT2D eigenvalue weighted by molar-refractivity contribution is 8.01. The summed E-state index contributed by atoms with van der Waals surface area (Å²) in [7, 11) is -3.74. The maximum Gasteiger partial charge on any atom is 0.237 e. The third-order valence-electron chi connectivity index (χ3n) is 4.65. The Bertz CT molecular complexity index is 1060. The van der Waals surface area contributed by atoms with Crippen molar-refractivity contribution in [3.63, 3.8) is 0 Å². The highest BCUT2D eigenvalue weighted by atomic mass is 35.5. The molecule has 0 saturated heterocycles. The summed E-state index contributed by atoms with van der Waals surface area (Å²) >= 11 is 7.45. The number of amides is 2. The van der Waals surface area contributed by atoms with Crippen molar-refractivity contribution >= 4 is 50.7 Å². The van der Waals surface area contributed by atoms with Gasteiger partial charge in [-0.25, -0.2) is 8.42 Å². The lowest BCUT2D eigenvalue weighted by Gasteiger charge is -2.22. The minimum absolute atomic E-state index is 0.0816. The summed E-state index contributed by atoms with van der Waals surface area (Å²) in [4.78, 5) is 25.0. The van der Waals surface area contributed by atoms with Crippen LogP contribution in [-0.4, -0.2) is 30.7 Å². The zero-order valence-corrected chi connectivity index (χ0v) is 18.3. The molecule has 1 aliphatic heterocycles. The number of carbonyl (C=O) groups is 2. The Kier molecular flexibility index (Phi) is 6.55. The van der Waals surface area contributed by atoms with Gasteiger partial charge in [0.1, 0.15) is 0 Å². The lowest BCUT2D eigenvalue weighted by molar-refractivity contribution is -0.121. The SMILES string of the molecule is CC1Sc2ccc(S(=O)(=O)C(C)CC(=O)NCc3ccccc3Cl)cc2NC1=O. The van der Waals surface area contributed by atoms with Gasteiger partial charge in [0.05, 0.1) is 21.1 Å². The smallest absolute Gasteiger partial charge is 0.237 e. The summed E-state index contributed by atoms with van der Waals surface area (Å²) in [6.45, 7) is 3.52. The second kappa shape index (κ2) is 8.77. The van der Waals surface area contributed by atoms with E-state index in [1.807, 2.05) is 6.07 Å². The van der Waals surface area contributed by atoms with Crippen LogP contribution in [0.4, 0.5) is 5.69 Å². The van der Waals surface area contributed by atoms with Crippen molar-refractivity contribution in [2.75, 3.05) is 5.32 Å². The maximum absolute atomic E-state index is 12.9. The normalized spacial score (nSPS) is 17.2. The molecule has 0 radical (unpaired) electrons. The number of fused-ring (bicyclic) bond motifs is 1. The van der Waals surface area contributed by atoms with Crippen LogP contribution in [-0.2, 0) is 26.0 Å². The van der Waals surface area contributed by atoms with Gasteiger partial charge in [-0.1, -0.05) is 29.8 Å². The van der Waals surface area contributed by atoms with Gasteiger partial charge in [0.15, 0.2) is 9.84 Å². The molecule has 0 aromatic heterocycles. The Hall–Kier alpha value is -2.03. The van der Waals surface area contributed by atoms with Crippen LogP contribution in [0.1, 0.15) is 25.8 Å². The number of sulfone groups is 1. The zero-order valence-electron chi connectivity index (χ0n) is 15.9. The molecule has 1 heterocycles. The van der Waals surface area contributed by atoms with Crippen LogP contribution in [0, 0.1) is 0 Å². The van der Waals surface area contributed by atoms with Crippen molar-refractivity contribution in [3.8, 4) is 0 Å². The van der Waals surface area contributed by atoms with E-state index in [1.54, 1.807) is 31.2 Å². The molecule has 2 N–H and O–H groups in total. The van der Waals surface area contributed by atoms with Crippen LogP contribution in [0.5, 0.6) is 0 Å². The second-order valence-corrected chi connectivity index (χ2v) is 11.0. The Balaban J connectivity index is 1.67. The highest BCUT2D eigenvalue weighted by Crippen LogP contribution is 2.37. The fourth-order valence-corrected chi connectivity index (χ4v) is 5.38. The first kappa shape index (κ1) is 21.7. The standard InChI is InChI=1S/C20H21ClN2O4S2/c1-12(9-19(24)22-11-14-5-3-4-6-16(14)21)29(26,27)15-7-8-18-17(10-15)23-20(25)13(2)28-18/h3-8,10,12-13H,9,11H2,1-2H3,(H,22,24)(H,23,25). The third-order valence-corrected chi connectivity index (χ3v) is 8.33. The number of hydrogen-bond acceptors (Lipinski definition) is 5. The lowest BCUT2D eigenvalue weighted by Crippen LogP contribution is -2.30. The number of halogens is 1. The van der Waals surface area contributed by atoms with Crippen LogP contribution in [0.25, 0.3) is 0 Å². The Morgan fingerprint density at radius 2 is 2.00 bits per heavy atom. The van der Waals surface area contributed by atoms with Crippen LogP contribution in [0.2, 0.25) is 5.02 Å². The Morgan fingerprint density at radius 1 is 1.28 bits per heavy atom. The minimum atomic E-state index is -3.74. The molecule has 0 fully saturated rings. The van der Waals surface area contributed by atoms with Gasteiger partial charge < -0.3 is 10.6 Å². The molecule has 2 atom stereocenters. The van der Waals surface area contributed by atoms with Crippen LogP contribution < -0.4 is 10.6 Å². The lowest BCUT2D eigenvalue weighted by atomic mass is 10.2. The van der Waals surface area contributed by atoms with Gasteiger partial charge in [-0.2, -0.15) is 0 Å². The van der Waals surface area contributed by atoms with Crippen molar-refractivity contribution in [1.82, 2.24) is 5.32 Å². The van der Waals surface area contributed by atoms with E-state index in [0.717, 1.165) is 10.5 Å². The van der Waals surface area contributed by atoms with E-state index in [0.29, 0.717) is 10.7 Å². The number of benzene rings is 2. The molecule has 154 valence electrons. The van der Waals surface area contributed by atoms with E-state index in [1.165, 1.54) is 30.8 Å². The first-order valence-electron chi connectivity index (χ1n) is 9.04. The number of rotatable bonds is 6. The van der Waals surface area contributed by atoms with Gasteiger partial charge >= 0.3 is 0 Å². The van der Waals surface area contributed by atoms with E-state index >= 15 is 0 Å². The first-order valence-corrected chi connectivity index (χ1v) is 11.8. The number of thioether (sulfide) groups is 1. The van der Waals surface area contributed by atoms with E-state index in [4.69, 9.17) is 11.6 Å². The van der Waals surface area contributed by atoms with Crippen molar-refractivity contribution in [1.29, 1.82) is 0 Å². The molecular formula is C20H21ClN2O4S2. The molecule has 2 amide bonds. The minimum Gasteiger partial charge on any atom is -0.352 e. The van der Waals surface area contributed by atoms with Gasteiger partial charge in [0.25, 0.3) is 0 Å². The van der Waals surface area contributed by atoms with Gasteiger partial charge in [0.2, 0.25) is 11.8 Å². The molecule has 1 aliphatic rings. The fraction of sp³-hybridized carbons (Fsp3) is 0.300. The summed E-state index contributed by atoms with van der Waals surface area (Å²) in [5.41, 5.74) is 1.24. The van der Waals surface area contributed by atoms with Gasteiger partial charge in [-0.3, -0.25) is 9.59 Å². The van der Waals surface area contributed by atoms with E-state index < -0.39 is 15.1 Å². The third kappa shape index (κ3) is 4.94. The van der Waals surface area contributed by atoms with Gasteiger partial charge in [-0.15, -0.1) is 11.8 Å². The molecule has 0 bridgehead atoms. The van der Waals surface area contributed by atoms with E-state index in [9.17, 15) is 18.0 Å². The molecule has 0 aliphatic carbocycles. The second-order valence-electron chi connectivity index (χ2n) is 6.84. The highest BCUT2D eigenvalue weighted by Gasteiger charge is 2.29. The summed E-state index contributed by atoms with van der Waals surface area (Å²) in [6.07, 6.45) is -0.179. The molecular weight excluding hydrogens is 432 g/mol. The van der Waals surface area contributed by atoms with Crippen LogP contribution >= 0.6 is 23.4 Å². The average molecular weight is 453 g/mol. The van der Waals surface area contributed by atoms with Gasteiger partial charge in [0, 0.05) is 22.9 Å². The summed E-state index contributed by atoms with van der Waals surface area (Å²) in [5, 5.41) is 4.83. The maximum atomic E-state index is 12.9. The molecule has 29 heavy (non-hydrogen) atoms. The van der Waals surface area contributed by atoms with Crippen molar-refractivity contribution in [2.24, 2.45) is 0 Å². The predicted octanol–water partition coefficient (Wildman–Crippen LogP) is 3.64. The topological polar surface area (TPSA) is 92.3 Å². The molecule has 9 heteroatoms. The molecule has 0 saturated carbocycles. The van der Waals surface area contributed by atoms with Gasteiger partial charge in [-0.05, 0) is 43.7 Å². The molecule has 0 spiro atoms. The fourth-order valence-electron chi connectivity index (χ4n) is 2.88. The van der Waals surface area contributed by atoms with Crippen LogP contribution in [0.15, 0.2) is 52.3 Å². The summed E-state index contributed by atoms with van der Waals surface area (Å²) in [6, 6.07) is 11.8. The first-order chi connectivity index (χ1) is 13.7. The molecule has 3 rings (SSSR count). The van der Waals surface area contributed by atoms with Crippen molar-refractivity contribution in [3.05, 3.63) is 53.1 Å². The van der Waals surface area contributed by atoms with E-state index in [-0.39, 0.29) is 34.9 Å². The number of nitrogens with one attached hydrogen (secondary N) is 2. The van der Waals surface area contributed by atoms with Crippen molar-refractivity contribution < 1.29 is 18.0 Å². The number of anilines is 1. The van der Waals surface area contributed by atoms with Crippen LogP contribution in [0.3, 0.4) is 0 Å². The summed E-state index contributed by atoms with van der Waals surface area (Å²) in [5.74, 6) is -0.541. The molecule has 2 aromatic carbocycles. The quantitative estimate of drug-likeness (QED) is 0.698. The van der Waals surface area contributed by atoms with E-state index in [2.05, 4.69) is 10.6 Å².